The van der Waals surface area contributed by atoms with E-state index >= 15 is 0 Å². The lowest BCUT2D eigenvalue weighted by molar-refractivity contribution is 0.333. The molecule has 10 rings (SSSR count). The predicted molar refractivity (Wildman–Crippen MR) is 226 cm³/mol. The van der Waals surface area contributed by atoms with Crippen LogP contribution in [0.4, 0.5) is 0 Å². The maximum absolute atomic E-state index is 9.90. The number of fused-ring (bicyclic) bond motifs is 6. The van der Waals surface area contributed by atoms with Crippen LogP contribution in [0.15, 0.2) is 162 Å². The lowest BCUT2D eigenvalue weighted by atomic mass is 9.60. The molecule has 0 saturated heterocycles. The zero-order valence-electron chi connectivity index (χ0n) is 38.2. The van der Waals surface area contributed by atoms with Crippen LogP contribution >= 0.6 is 0 Å². The molecule has 8 aromatic carbocycles. The van der Waals surface area contributed by atoms with Crippen LogP contribution in [0.5, 0.6) is 0 Å². The van der Waals surface area contributed by atoms with Crippen molar-refractivity contribution in [1.82, 2.24) is 0 Å². The molecule has 0 amide bonds. The molecule has 9 aromatic rings. The van der Waals surface area contributed by atoms with Crippen molar-refractivity contribution in [3.63, 3.8) is 0 Å². The van der Waals surface area contributed by atoms with Crippen molar-refractivity contribution in [2.75, 3.05) is 0 Å². The maximum Gasteiger partial charge on any atom is 0.136 e. The summed E-state index contributed by atoms with van der Waals surface area (Å²) in [5.74, 6) is 0. The molecule has 0 aliphatic heterocycles. The molecule has 0 radical (unpaired) electrons. The van der Waals surface area contributed by atoms with Gasteiger partial charge < -0.3 is 4.42 Å². The second-order valence-corrected chi connectivity index (χ2v) is 15.7. The molecule has 0 saturated carbocycles. The summed E-state index contributed by atoms with van der Waals surface area (Å²) < 4.78 is 82.9. The zero-order valence-corrected chi connectivity index (χ0v) is 30.2. The molecule has 0 spiro atoms. The Morgan fingerprint density at radius 2 is 1.04 bits per heavy atom. The van der Waals surface area contributed by atoms with Crippen molar-refractivity contribution in [1.29, 1.82) is 0 Å². The average Bonchev–Trinajstić information content (AvgIpc) is 3.65. The first-order valence-electron chi connectivity index (χ1n) is 22.3. The molecule has 0 unspecified atom stereocenters. The van der Waals surface area contributed by atoms with Crippen LogP contribution in [0.1, 0.15) is 62.6 Å². The third-order valence-corrected chi connectivity index (χ3v) is 11.6. The van der Waals surface area contributed by atoms with Gasteiger partial charge in [-0.1, -0.05) is 167 Å². The van der Waals surface area contributed by atoms with Crippen molar-refractivity contribution < 1.29 is 15.4 Å². The van der Waals surface area contributed by atoms with Gasteiger partial charge in [0.15, 0.2) is 0 Å². The maximum atomic E-state index is 9.90. The molecule has 1 heterocycles. The number of rotatable bonds is 4. The van der Waals surface area contributed by atoms with E-state index in [-0.39, 0.29) is 51.1 Å². The van der Waals surface area contributed by atoms with E-state index in [4.69, 9.17) is 4.42 Å². The monoisotopic (exact) mass is 690 g/mol. The Hall–Kier alpha value is -5.92. The largest absolute Gasteiger partial charge is 0.456 e. The number of benzene rings is 8. The normalized spacial score (nSPS) is 17.1. The third-order valence-electron chi connectivity index (χ3n) is 11.6. The summed E-state index contributed by atoms with van der Waals surface area (Å²) in [6.45, 7) is 8.87. The third kappa shape index (κ3) is 4.91. The summed E-state index contributed by atoms with van der Waals surface area (Å²) in [5, 5.41) is 2.21. The Balaban J connectivity index is 1.55. The number of para-hydroxylation sites is 1. The topological polar surface area (TPSA) is 13.1 Å². The molecular formula is C52H42O. The Morgan fingerprint density at radius 1 is 0.472 bits per heavy atom. The van der Waals surface area contributed by atoms with Crippen LogP contribution in [0, 0.1) is 0 Å². The summed E-state index contributed by atoms with van der Waals surface area (Å²) in [6.07, 6.45) is 1.75. The van der Waals surface area contributed by atoms with Gasteiger partial charge in [-0.05, 0) is 119 Å². The minimum Gasteiger partial charge on any atom is -0.456 e. The summed E-state index contributed by atoms with van der Waals surface area (Å²) in [4.78, 5) is 0. The Labute approximate surface area is 322 Å². The lowest BCUT2D eigenvalue weighted by Crippen LogP contribution is -2.34. The van der Waals surface area contributed by atoms with Crippen LogP contribution in [0.2, 0.25) is 0 Å². The molecular weight excluding hydrogens is 641 g/mol. The van der Waals surface area contributed by atoms with E-state index in [1.807, 2.05) is 97.1 Å². The molecule has 1 heteroatoms. The fraction of sp³-hybridized carbons (Fsp3) is 0.154. The highest BCUT2D eigenvalue weighted by molar-refractivity contribution is 6.27. The fourth-order valence-corrected chi connectivity index (χ4v) is 8.87. The Bertz CT molecular complexity index is 3250. The smallest absolute Gasteiger partial charge is 0.136 e. The molecule has 0 fully saturated rings. The van der Waals surface area contributed by atoms with E-state index in [1.165, 1.54) is 0 Å². The van der Waals surface area contributed by atoms with Gasteiger partial charge in [-0.25, -0.2) is 0 Å². The highest BCUT2D eigenvalue weighted by Gasteiger charge is 2.40. The summed E-state index contributed by atoms with van der Waals surface area (Å²) in [5.41, 5.74) is 7.88. The SMILES string of the molecule is [2H]c1c([2H])c([2H])c2c(-c3cc(-c4ccccc4)cc4oc5ccccc5c34)c3c([2H])c([2H])c([2H])c([2H])c3c(-c3c(-c4ccccc4)ccc4c3C(C)(C)CCC4(C)C)c2c1[2H]. The van der Waals surface area contributed by atoms with E-state index in [0.29, 0.717) is 33.2 Å². The first kappa shape index (κ1) is 24.3. The van der Waals surface area contributed by atoms with Crippen LogP contribution < -0.4 is 0 Å². The van der Waals surface area contributed by atoms with Crippen molar-refractivity contribution in [2.24, 2.45) is 0 Å². The standard InChI is InChI=1S/C52H42O/c1-51(2)29-30-52(3,4)50-43(51)28-27-36(34-19-9-6-10-20-34)49(50)48-39-23-13-11-21-37(39)46(38-22-12-14-24-40(38)48)42-31-35(33-17-7-5-8-18-33)32-45-47(42)41-25-15-16-26-44(41)53-45/h5-28,31-32H,29-30H2,1-4H3/i11D,12D,13D,14D,21D,22D,23D,24D. The van der Waals surface area contributed by atoms with E-state index < -0.39 is 29.6 Å². The first-order valence-corrected chi connectivity index (χ1v) is 18.3. The Kier molecular flexibility index (Phi) is 5.42. The lowest BCUT2D eigenvalue weighted by Gasteiger charge is -2.44. The van der Waals surface area contributed by atoms with Gasteiger partial charge in [-0.3, -0.25) is 0 Å². The van der Waals surface area contributed by atoms with Gasteiger partial charge >= 0.3 is 0 Å². The van der Waals surface area contributed by atoms with E-state index in [0.717, 1.165) is 57.2 Å². The highest BCUT2D eigenvalue weighted by atomic mass is 16.3. The summed E-state index contributed by atoms with van der Waals surface area (Å²) in [6, 6.07) is 32.7. The molecule has 53 heavy (non-hydrogen) atoms. The van der Waals surface area contributed by atoms with Crippen LogP contribution in [0.3, 0.4) is 0 Å². The van der Waals surface area contributed by atoms with Crippen LogP contribution in [-0.4, -0.2) is 0 Å². The highest BCUT2D eigenvalue weighted by Crippen LogP contribution is 2.55. The number of furan rings is 1. The quantitative estimate of drug-likeness (QED) is 0.168. The van der Waals surface area contributed by atoms with E-state index in [9.17, 15) is 11.0 Å². The zero-order chi connectivity index (χ0) is 42.9. The molecule has 0 N–H and O–H groups in total. The van der Waals surface area contributed by atoms with Crippen LogP contribution in [0.25, 0.3) is 88.0 Å². The Morgan fingerprint density at radius 3 is 1.70 bits per heavy atom. The van der Waals surface area contributed by atoms with E-state index in [2.05, 4.69) is 39.8 Å². The van der Waals surface area contributed by atoms with Crippen molar-refractivity contribution in [3.8, 4) is 44.5 Å². The first-order chi connectivity index (χ1) is 29.1. The average molecular weight is 691 g/mol. The molecule has 1 aliphatic carbocycles. The van der Waals surface area contributed by atoms with Crippen molar-refractivity contribution >= 4 is 43.5 Å². The molecule has 1 aliphatic rings. The van der Waals surface area contributed by atoms with E-state index in [1.54, 1.807) is 0 Å². The second-order valence-electron chi connectivity index (χ2n) is 15.7. The second kappa shape index (κ2) is 11.8. The van der Waals surface area contributed by atoms with Crippen molar-refractivity contribution in [2.45, 2.75) is 51.4 Å². The fourth-order valence-electron chi connectivity index (χ4n) is 8.87. The van der Waals surface area contributed by atoms with Crippen LogP contribution in [-0.2, 0) is 10.8 Å². The van der Waals surface area contributed by atoms with Gasteiger partial charge in [0, 0.05) is 10.8 Å². The number of hydrogen-bond acceptors (Lipinski definition) is 1. The van der Waals surface area contributed by atoms with Gasteiger partial charge in [0.25, 0.3) is 0 Å². The molecule has 0 atom stereocenters. The minimum atomic E-state index is -0.433. The van der Waals surface area contributed by atoms with Gasteiger partial charge in [0.2, 0.25) is 0 Å². The minimum absolute atomic E-state index is 0.180. The van der Waals surface area contributed by atoms with Gasteiger partial charge in [-0.2, -0.15) is 0 Å². The predicted octanol–water partition coefficient (Wildman–Crippen LogP) is 14.9. The van der Waals surface area contributed by atoms with Gasteiger partial charge in [-0.15, -0.1) is 0 Å². The molecule has 1 aromatic heterocycles. The molecule has 0 bridgehead atoms. The summed E-state index contributed by atoms with van der Waals surface area (Å²) >= 11 is 0. The van der Waals surface area contributed by atoms with Gasteiger partial charge in [0.05, 0.1) is 11.0 Å². The summed E-state index contributed by atoms with van der Waals surface area (Å²) in [7, 11) is 0. The van der Waals surface area contributed by atoms with Gasteiger partial charge in [0.1, 0.15) is 11.2 Å². The number of hydrogen-bond donors (Lipinski definition) is 0. The molecule has 256 valence electrons. The van der Waals surface area contributed by atoms with Crippen molar-refractivity contribution in [3.05, 3.63) is 169 Å². The molecule has 1 nitrogen and oxygen atoms in total.